The predicted octanol–water partition coefficient (Wildman–Crippen LogP) is 4.79. The molecule has 0 fully saturated rings. The van der Waals surface area contributed by atoms with Crippen LogP contribution in [0.4, 0.5) is 10.1 Å². The van der Waals surface area contributed by atoms with Crippen molar-refractivity contribution in [3.05, 3.63) is 106 Å². The molecule has 5 aromatic rings. The lowest BCUT2D eigenvalue weighted by molar-refractivity contribution is -0.116. The van der Waals surface area contributed by atoms with Gasteiger partial charge in [0.05, 0.1) is 18.4 Å². The van der Waals surface area contributed by atoms with E-state index in [0.29, 0.717) is 28.7 Å². The SMILES string of the molecule is Cc1ccc(NC(=O)Cn2c3ccc(F)cc3c3ncn(Cc4ccccc4)c(=O)c32)c(C)c1. The Bertz CT molecular complexity index is 1600. The maximum atomic E-state index is 14.1. The van der Waals surface area contributed by atoms with Crippen LogP contribution in [0.3, 0.4) is 0 Å². The summed E-state index contributed by atoms with van der Waals surface area (Å²) < 4.78 is 17.2. The molecule has 2 aromatic heterocycles. The van der Waals surface area contributed by atoms with E-state index >= 15 is 0 Å². The first-order valence-corrected chi connectivity index (χ1v) is 11.0. The second kappa shape index (κ2) is 8.59. The summed E-state index contributed by atoms with van der Waals surface area (Å²) in [5.74, 6) is -0.713. The van der Waals surface area contributed by atoms with E-state index in [2.05, 4.69) is 10.3 Å². The predicted molar refractivity (Wildman–Crippen MR) is 132 cm³/mol. The summed E-state index contributed by atoms with van der Waals surface area (Å²) in [6.07, 6.45) is 1.47. The van der Waals surface area contributed by atoms with Crippen molar-refractivity contribution in [1.82, 2.24) is 14.1 Å². The number of amides is 1. The lowest BCUT2D eigenvalue weighted by Gasteiger charge is -2.12. The summed E-state index contributed by atoms with van der Waals surface area (Å²) in [6, 6.07) is 19.6. The van der Waals surface area contributed by atoms with Gasteiger partial charge in [0.2, 0.25) is 5.91 Å². The number of anilines is 1. The molecule has 0 radical (unpaired) electrons. The summed E-state index contributed by atoms with van der Waals surface area (Å²) in [7, 11) is 0. The van der Waals surface area contributed by atoms with Gasteiger partial charge >= 0.3 is 0 Å². The molecule has 3 aromatic carbocycles. The molecule has 0 saturated carbocycles. The standard InChI is InChI=1S/C27H23FN4O2/c1-17-8-10-22(18(2)12-17)30-24(33)15-32-23-11-9-20(28)13-21(23)25-26(32)27(34)31(16-29-25)14-19-6-4-3-5-7-19/h3-13,16H,14-15H2,1-2H3,(H,30,33). The molecule has 0 atom stereocenters. The van der Waals surface area contributed by atoms with Gasteiger partial charge in [-0.15, -0.1) is 0 Å². The summed E-state index contributed by atoms with van der Waals surface area (Å²) >= 11 is 0. The molecule has 0 saturated heterocycles. The lowest BCUT2D eigenvalue weighted by atomic mass is 10.1. The summed E-state index contributed by atoms with van der Waals surface area (Å²) in [5.41, 5.74) is 4.65. The largest absolute Gasteiger partial charge is 0.325 e. The number of fused-ring (bicyclic) bond motifs is 3. The van der Waals surface area contributed by atoms with E-state index in [1.807, 2.05) is 62.4 Å². The Morgan fingerprint density at radius 2 is 1.82 bits per heavy atom. The van der Waals surface area contributed by atoms with Crippen molar-refractivity contribution >= 4 is 33.5 Å². The van der Waals surface area contributed by atoms with Gasteiger partial charge in [0.25, 0.3) is 5.56 Å². The van der Waals surface area contributed by atoms with Crippen LogP contribution in [0.25, 0.3) is 21.9 Å². The maximum Gasteiger partial charge on any atom is 0.278 e. The van der Waals surface area contributed by atoms with Crippen molar-refractivity contribution in [2.45, 2.75) is 26.9 Å². The Balaban J connectivity index is 1.60. The number of nitrogens with zero attached hydrogens (tertiary/aromatic N) is 3. The van der Waals surface area contributed by atoms with Crippen molar-refractivity contribution in [2.24, 2.45) is 0 Å². The average Bonchev–Trinajstić information content (AvgIpc) is 3.11. The molecule has 7 heteroatoms. The summed E-state index contributed by atoms with van der Waals surface area (Å²) in [5, 5.41) is 3.43. The van der Waals surface area contributed by atoms with Crippen LogP contribution in [0.5, 0.6) is 0 Å². The second-order valence-electron chi connectivity index (χ2n) is 8.47. The highest BCUT2D eigenvalue weighted by molar-refractivity contribution is 6.06. The molecule has 1 N–H and O–H groups in total. The number of rotatable bonds is 5. The molecule has 0 aliphatic carbocycles. The Morgan fingerprint density at radius 1 is 1.03 bits per heavy atom. The third-order valence-electron chi connectivity index (χ3n) is 5.94. The molecule has 6 nitrogen and oxygen atoms in total. The molecular weight excluding hydrogens is 431 g/mol. The molecule has 0 bridgehead atoms. The Kier molecular flexibility index (Phi) is 5.45. The molecule has 0 unspecified atom stereocenters. The highest BCUT2D eigenvalue weighted by Gasteiger charge is 2.19. The minimum absolute atomic E-state index is 0.106. The van der Waals surface area contributed by atoms with Crippen LogP contribution in [0, 0.1) is 19.7 Å². The molecule has 0 aliphatic heterocycles. The summed E-state index contributed by atoms with van der Waals surface area (Å²) in [4.78, 5) is 31.0. The van der Waals surface area contributed by atoms with Gasteiger partial charge in [-0.2, -0.15) is 0 Å². The number of carbonyl (C=O) groups is 1. The number of hydrogen-bond donors (Lipinski definition) is 1. The van der Waals surface area contributed by atoms with Gasteiger partial charge in [0, 0.05) is 11.1 Å². The molecule has 1 amide bonds. The van der Waals surface area contributed by atoms with E-state index in [4.69, 9.17) is 0 Å². The number of benzene rings is 3. The van der Waals surface area contributed by atoms with E-state index in [1.54, 1.807) is 10.6 Å². The number of nitrogens with one attached hydrogen (secondary N) is 1. The van der Waals surface area contributed by atoms with Crippen molar-refractivity contribution < 1.29 is 9.18 Å². The van der Waals surface area contributed by atoms with E-state index in [1.165, 1.54) is 23.0 Å². The fourth-order valence-electron chi connectivity index (χ4n) is 4.32. The molecule has 34 heavy (non-hydrogen) atoms. The van der Waals surface area contributed by atoms with E-state index in [-0.39, 0.29) is 23.5 Å². The number of halogens is 1. The Labute approximate surface area is 195 Å². The van der Waals surface area contributed by atoms with Crippen LogP contribution in [0.15, 0.2) is 77.9 Å². The molecule has 2 heterocycles. The van der Waals surface area contributed by atoms with Gasteiger partial charge in [-0.05, 0) is 49.2 Å². The Morgan fingerprint density at radius 3 is 2.59 bits per heavy atom. The van der Waals surface area contributed by atoms with Crippen molar-refractivity contribution in [3.8, 4) is 0 Å². The summed E-state index contributed by atoms with van der Waals surface area (Å²) in [6.45, 7) is 4.15. The molecular formula is C27H23FN4O2. The number of hydrogen-bond acceptors (Lipinski definition) is 3. The van der Waals surface area contributed by atoms with Crippen LogP contribution < -0.4 is 10.9 Å². The third-order valence-corrected chi connectivity index (χ3v) is 5.94. The molecule has 0 spiro atoms. The van der Waals surface area contributed by atoms with Gasteiger partial charge in [-0.1, -0.05) is 48.0 Å². The first-order valence-electron chi connectivity index (χ1n) is 11.0. The molecule has 170 valence electrons. The van der Waals surface area contributed by atoms with Gasteiger partial charge in [-0.3, -0.25) is 14.2 Å². The minimum atomic E-state index is -0.429. The van der Waals surface area contributed by atoms with Crippen LogP contribution in [-0.4, -0.2) is 20.0 Å². The van der Waals surface area contributed by atoms with E-state index < -0.39 is 5.82 Å². The monoisotopic (exact) mass is 454 g/mol. The number of carbonyl (C=O) groups excluding carboxylic acids is 1. The maximum absolute atomic E-state index is 14.1. The van der Waals surface area contributed by atoms with E-state index in [9.17, 15) is 14.0 Å². The Hall–Kier alpha value is -4.26. The van der Waals surface area contributed by atoms with Gasteiger partial charge in [-0.25, -0.2) is 9.37 Å². The fourth-order valence-corrected chi connectivity index (χ4v) is 4.32. The number of aromatic nitrogens is 3. The van der Waals surface area contributed by atoms with E-state index in [0.717, 1.165) is 16.7 Å². The fraction of sp³-hybridized carbons (Fsp3) is 0.148. The zero-order valence-electron chi connectivity index (χ0n) is 18.9. The van der Waals surface area contributed by atoms with Crippen molar-refractivity contribution in [3.63, 3.8) is 0 Å². The highest BCUT2D eigenvalue weighted by atomic mass is 19.1. The smallest absolute Gasteiger partial charge is 0.278 e. The van der Waals surface area contributed by atoms with Crippen LogP contribution >= 0.6 is 0 Å². The van der Waals surface area contributed by atoms with Crippen LogP contribution in [0.1, 0.15) is 16.7 Å². The van der Waals surface area contributed by atoms with Crippen molar-refractivity contribution in [2.75, 3.05) is 5.32 Å². The van der Waals surface area contributed by atoms with Crippen LogP contribution in [0.2, 0.25) is 0 Å². The van der Waals surface area contributed by atoms with Crippen LogP contribution in [-0.2, 0) is 17.9 Å². The first-order chi connectivity index (χ1) is 16.4. The zero-order valence-corrected chi connectivity index (χ0v) is 18.9. The second-order valence-corrected chi connectivity index (χ2v) is 8.47. The lowest BCUT2D eigenvalue weighted by Crippen LogP contribution is -2.25. The van der Waals surface area contributed by atoms with Gasteiger partial charge in [0.1, 0.15) is 23.4 Å². The normalized spacial score (nSPS) is 11.3. The van der Waals surface area contributed by atoms with Gasteiger partial charge < -0.3 is 9.88 Å². The molecule has 0 aliphatic rings. The zero-order chi connectivity index (χ0) is 23.8. The van der Waals surface area contributed by atoms with Gasteiger partial charge in [0.15, 0.2) is 0 Å². The average molecular weight is 455 g/mol. The third kappa shape index (κ3) is 3.96. The topological polar surface area (TPSA) is 68.9 Å². The highest BCUT2D eigenvalue weighted by Crippen LogP contribution is 2.26. The van der Waals surface area contributed by atoms with Crippen molar-refractivity contribution in [1.29, 1.82) is 0 Å². The molecule has 5 rings (SSSR count). The number of aryl methyl sites for hydroxylation is 2. The minimum Gasteiger partial charge on any atom is -0.325 e. The quantitative estimate of drug-likeness (QED) is 0.415. The first kappa shape index (κ1) is 21.6.